The summed E-state index contributed by atoms with van der Waals surface area (Å²) < 4.78 is 5.95. The van der Waals surface area contributed by atoms with Gasteiger partial charge in [-0.15, -0.1) is 0 Å². The van der Waals surface area contributed by atoms with Gasteiger partial charge in [-0.3, -0.25) is 0 Å². The number of nitrogens with zero attached hydrogens (tertiary/aromatic N) is 1. The third-order valence-electron chi connectivity index (χ3n) is 8.89. The quantitative estimate of drug-likeness (QED) is 0.256. The Morgan fingerprint density at radius 3 is 2.09 bits per heavy atom. The fourth-order valence-corrected chi connectivity index (χ4v) is 6.55. The zero-order valence-electron chi connectivity index (χ0n) is 22.3. The summed E-state index contributed by atoms with van der Waals surface area (Å²) >= 11 is 0. The fraction of sp³-hybridized carbons (Fsp3) is 0.781. The van der Waals surface area contributed by atoms with Crippen molar-refractivity contribution in [2.24, 2.45) is 23.7 Å². The van der Waals surface area contributed by atoms with Gasteiger partial charge in [-0.1, -0.05) is 83.8 Å². The molecule has 0 bridgehead atoms. The molecule has 2 aliphatic rings. The smallest absolute Gasteiger partial charge is 0.119 e. The van der Waals surface area contributed by atoms with Crippen LogP contribution in [0.25, 0.3) is 0 Å². The third-order valence-corrected chi connectivity index (χ3v) is 8.89. The molecule has 1 unspecified atom stereocenters. The Bertz CT molecular complexity index is 689. The molecule has 3 rings (SSSR count). The molecule has 2 saturated carbocycles. The first-order chi connectivity index (χ1) is 16.7. The van der Waals surface area contributed by atoms with Gasteiger partial charge in [-0.05, 0) is 92.7 Å². The zero-order chi connectivity index (χ0) is 24.0. The minimum absolute atomic E-state index is 0.298. The summed E-state index contributed by atoms with van der Waals surface area (Å²) in [5.74, 6) is 4.37. The van der Waals surface area contributed by atoms with E-state index in [1.807, 2.05) is 0 Å². The van der Waals surface area contributed by atoms with Crippen LogP contribution in [-0.4, -0.2) is 6.61 Å². The van der Waals surface area contributed by atoms with Crippen LogP contribution in [0.2, 0.25) is 0 Å². The van der Waals surface area contributed by atoms with Gasteiger partial charge in [0.2, 0.25) is 0 Å². The topological polar surface area (TPSA) is 33.0 Å². The van der Waals surface area contributed by atoms with Gasteiger partial charge < -0.3 is 4.74 Å². The number of ether oxygens (including phenoxy) is 1. The first-order valence-corrected chi connectivity index (χ1v) is 14.9. The average Bonchev–Trinajstić information content (AvgIpc) is 2.89. The zero-order valence-corrected chi connectivity index (χ0v) is 22.3. The molecule has 2 nitrogen and oxygen atoms in total. The highest BCUT2D eigenvalue weighted by Crippen LogP contribution is 2.42. The number of hydrogen-bond donors (Lipinski definition) is 0. The van der Waals surface area contributed by atoms with E-state index >= 15 is 0 Å². The summed E-state index contributed by atoms with van der Waals surface area (Å²) in [5.41, 5.74) is 1.48. The molecular weight excluding hydrogens is 414 g/mol. The summed E-state index contributed by atoms with van der Waals surface area (Å²) in [6.07, 6.45) is 22.2. The van der Waals surface area contributed by atoms with Crippen molar-refractivity contribution in [3.63, 3.8) is 0 Å². The average molecular weight is 466 g/mol. The second kappa shape index (κ2) is 15.5. The molecule has 1 aromatic carbocycles. The van der Waals surface area contributed by atoms with Gasteiger partial charge in [-0.25, -0.2) is 0 Å². The lowest BCUT2D eigenvalue weighted by Crippen LogP contribution is -2.24. The van der Waals surface area contributed by atoms with Gasteiger partial charge in [0.05, 0.1) is 12.7 Å². The summed E-state index contributed by atoms with van der Waals surface area (Å²) in [5, 5.41) is 9.93. The Kier molecular flexibility index (Phi) is 12.4. The normalized spacial score (nSPS) is 26.0. The van der Waals surface area contributed by atoms with Gasteiger partial charge in [-0.2, -0.15) is 5.26 Å². The van der Waals surface area contributed by atoms with Crippen molar-refractivity contribution in [1.82, 2.24) is 0 Å². The van der Waals surface area contributed by atoms with E-state index in [4.69, 9.17) is 4.74 Å². The number of nitriles is 1. The van der Waals surface area contributed by atoms with Crippen molar-refractivity contribution in [3.05, 3.63) is 29.8 Å². The Hall–Kier alpha value is -1.49. The van der Waals surface area contributed by atoms with Crippen LogP contribution >= 0.6 is 0 Å². The van der Waals surface area contributed by atoms with Crippen LogP contribution in [0.4, 0.5) is 0 Å². The second-order valence-corrected chi connectivity index (χ2v) is 11.4. The molecule has 0 heterocycles. The Morgan fingerprint density at radius 2 is 1.44 bits per heavy atom. The maximum Gasteiger partial charge on any atom is 0.119 e. The standard InChI is InChI=1S/C32H51NO/c1-3-5-7-8-9-23-34-32-21-19-29(20-22-32)28-17-13-27(14-18-28)24-31(25-33)30-15-11-26(12-16-30)10-6-4-2/h19-22,26-28,30-31H,3-18,23-24H2,1-2H3/t26-,27-,28-,30-,31?. The fourth-order valence-electron chi connectivity index (χ4n) is 6.55. The molecule has 0 aliphatic heterocycles. The van der Waals surface area contributed by atoms with Crippen LogP contribution in [0.5, 0.6) is 5.75 Å². The van der Waals surface area contributed by atoms with Crippen molar-refractivity contribution in [3.8, 4) is 11.8 Å². The third kappa shape index (κ3) is 8.94. The summed E-state index contributed by atoms with van der Waals surface area (Å²) in [6, 6.07) is 11.7. The lowest BCUT2D eigenvalue weighted by Gasteiger charge is -2.34. The van der Waals surface area contributed by atoms with Crippen LogP contribution in [0.15, 0.2) is 24.3 Å². The van der Waals surface area contributed by atoms with Crippen molar-refractivity contribution >= 4 is 0 Å². The van der Waals surface area contributed by atoms with Crippen molar-refractivity contribution < 1.29 is 4.74 Å². The number of benzene rings is 1. The molecule has 0 N–H and O–H groups in total. The van der Waals surface area contributed by atoms with E-state index in [1.165, 1.54) is 102 Å². The molecule has 2 fully saturated rings. The van der Waals surface area contributed by atoms with E-state index in [1.54, 1.807) is 0 Å². The van der Waals surface area contributed by atoms with Crippen LogP contribution in [0, 0.1) is 35.0 Å². The molecule has 0 spiro atoms. The molecule has 0 amide bonds. The van der Waals surface area contributed by atoms with E-state index in [2.05, 4.69) is 44.2 Å². The van der Waals surface area contributed by atoms with Gasteiger partial charge in [0.1, 0.15) is 5.75 Å². The number of hydrogen-bond acceptors (Lipinski definition) is 2. The largest absolute Gasteiger partial charge is 0.494 e. The maximum atomic E-state index is 9.93. The molecule has 0 radical (unpaired) electrons. The minimum Gasteiger partial charge on any atom is -0.494 e. The minimum atomic E-state index is 0.298. The van der Waals surface area contributed by atoms with Crippen molar-refractivity contribution in [2.75, 3.05) is 6.61 Å². The first-order valence-electron chi connectivity index (χ1n) is 14.9. The molecule has 2 aliphatic carbocycles. The molecule has 0 aromatic heterocycles. The van der Waals surface area contributed by atoms with Crippen LogP contribution in [-0.2, 0) is 0 Å². The SMILES string of the molecule is CCCCCCCOc1ccc([C@H]2CC[C@H](CC(C#N)[C@H]3CC[C@H](CCCC)CC3)CC2)cc1. The number of unbranched alkanes of at least 4 members (excludes halogenated alkanes) is 5. The molecule has 2 heteroatoms. The van der Waals surface area contributed by atoms with Crippen LogP contribution in [0.3, 0.4) is 0 Å². The molecule has 1 atom stereocenters. The molecule has 34 heavy (non-hydrogen) atoms. The van der Waals surface area contributed by atoms with E-state index in [0.29, 0.717) is 17.8 Å². The van der Waals surface area contributed by atoms with Gasteiger partial charge in [0.25, 0.3) is 0 Å². The first kappa shape index (κ1) is 27.1. The van der Waals surface area contributed by atoms with Crippen molar-refractivity contribution in [2.45, 2.75) is 129 Å². The molecule has 1 aromatic rings. The van der Waals surface area contributed by atoms with Gasteiger partial charge in [0.15, 0.2) is 0 Å². The lowest BCUT2D eigenvalue weighted by molar-refractivity contribution is 0.188. The van der Waals surface area contributed by atoms with E-state index < -0.39 is 0 Å². The highest BCUT2D eigenvalue weighted by molar-refractivity contribution is 5.29. The predicted octanol–water partition coefficient (Wildman–Crippen LogP) is 9.84. The Labute approximate surface area is 210 Å². The summed E-state index contributed by atoms with van der Waals surface area (Å²) in [7, 11) is 0. The Morgan fingerprint density at radius 1 is 0.794 bits per heavy atom. The molecular formula is C32H51NO. The van der Waals surface area contributed by atoms with Crippen LogP contribution in [0.1, 0.15) is 134 Å². The molecule has 0 saturated heterocycles. The summed E-state index contributed by atoms with van der Waals surface area (Å²) in [4.78, 5) is 0. The van der Waals surface area contributed by atoms with Gasteiger partial charge in [0, 0.05) is 5.92 Å². The van der Waals surface area contributed by atoms with E-state index in [-0.39, 0.29) is 0 Å². The molecule has 190 valence electrons. The maximum absolute atomic E-state index is 9.93. The van der Waals surface area contributed by atoms with E-state index in [9.17, 15) is 5.26 Å². The highest BCUT2D eigenvalue weighted by atomic mass is 16.5. The van der Waals surface area contributed by atoms with Crippen LogP contribution < -0.4 is 4.74 Å². The second-order valence-electron chi connectivity index (χ2n) is 11.4. The monoisotopic (exact) mass is 465 g/mol. The van der Waals surface area contributed by atoms with Gasteiger partial charge >= 0.3 is 0 Å². The lowest BCUT2D eigenvalue weighted by atomic mass is 9.70. The highest BCUT2D eigenvalue weighted by Gasteiger charge is 2.31. The van der Waals surface area contributed by atoms with Crippen molar-refractivity contribution in [1.29, 1.82) is 5.26 Å². The predicted molar refractivity (Wildman–Crippen MR) is 144 cm³/mol. The van der Waals surface area contributed by atoms with E-state index in [0.717, 1.165) is 37.0 Å². The number of rotatable bonds is 14. The summed E-state index contributed by atoms with van der Waals surface area (Å²) in [6.45, 7) is 5.40. The Balaban J connectivity index is 1.35.